The number of hydrogen-bond acceptors (Lipinski definition) is 3. The molecule has 0 saturated carbocycles. The van der Waals surface area contributed by atoms with Gasteiger partial charge in [0.1, 0.15) is 18.0 Å². The van der Waals surface area contributed by atoms with Gasteiger partial charge in [0.15, 0.2) is 0 Å². The first kappa shape index (κ1) is 14.7. The molecule has 108 valence electrons. The van der Waals surface area contributed by atoms with E-state index in [0.29, 0.717) is 18.8 Å². The summed E-state index contributed by atoms with van der Waals surface area (Å²) in [5, 5.41) is 4.22. The first-order valence-corrected chi connectivity index (χ1v) is 6.91. The maximum Gasteiger partial charge on any atom is 0.138 e. The molecule has 0 aliphatic rings. The van der Waals surface area contributed by atoms with Crippen LogP contribution in [0.15, 0.2) is 30.6 Å². The average Bonchev–Trinajstić information content (AvgIpc) is 2.75. The van der Waals surface area contributed by atoms with E-state index in [1.165, 1.54) is 12.1 Å². The second-order valence-corrected chi connectivity index (χ2v) is 5.55. The van der Waals surface area contributed by atoms with E-state index in [1.54, 1.807) is 12.4 Å². The van der Waals surface area contributed by atoms with Crippen LogP contribution in [-0.2, 0) is 19.4 Å². The molecular formula is C15H21FN4. The summed E-state index contributed by atoms with van der Waals surface area (Å²) >= 11 is 0. The van der Waals surface area contributed by atoms with Gasteiger partial charge in [0.25, 0.3) is 0 Å². The van der Waals surface area contributed by atoms with Crippen molar-refractivity contribution in [3.63, 3.8) is 0 Å². The number of aromatic nitrogens is 3. The topological polar surface area (TPSA) is 56.7 Å². The number of rotatable bonds is 6. The fourth-order valence-electron chi connectivity index (χ4n) is 2.22. The van der Waals surface area contributed by atoms with Crippen LogP contribution >= 0.6 is 0 Å². The van der Waals surface area contributed by atoms with Gasteiger partial charge in [-0.2, -0.15) is 5.10 Å². The molecule has 0 saturated heterocycles. The molecule has 20 heavy (non-hydrogen) atoms. The van der Waals surface area contributed by atoms with Gasteiger partial charge in [-0.1, -0.05) is 26.0 Å². The zero-order chi connectivity index (χ0) is 14.5. The third kappa shape index (κ3) is 4.13. The Labute approximate surface area is 118 Å². The van der Waals surface area contributed by atoms with Crippen molar-refractivity contribution < 1.29 is 4.39 Å². The van der Waals surface area contributed by atoms with Crippen molar-refractivity contribution in [3.8, 4) is 0 Å². The van der Waals surface area contributed by atoms with Gasteiger partial charge in [-0.3, -0.25) is 0 Å². The van der Waals surface area contributed by atoms with E-state index < -0.39 is 0 Å². The number of nitrogens with zero attached hydrogens (tertiary/aromatic N) is 3. The van der Waals surface area contributed by atoms with E-state index in [4.69, 9.17) is 5.73 Å². The van der Waals surface area contributed by atoms with E-state index in [9.17, 15) is 4.39 Å². The highest BCUT2D eigenvalue weighted by atomic mass is 19.1. The summed E-state index contributed by atoms with van der Waals surface area (Å²) in [7, 11) is 0. The summed E-state index contributed by atoms with van der Waals surface area (Å²) in [5.74, 6) is 1.18. The molecule has 4 nitrogen and oxygen atoms in total. The molecule has 0 aliphatic heterocycles. The van der Waals surface area contributed by atoms with Crippen LogP contribution in [0.25, 0.3) is 0 Å². The third-order valence-corrected chi connectivity index (χ3v) is 3.07. The molecule has 0 spiro atoms. The van der Waals surface area contributed by atoms with Crippen LogP contribution in [0.1, 0.15) is 25.2 Å². The highest BCUT2D eigenvalue weighted by molar-refractivity contribution is 5.17. The average molecular weight is 276 g/mol. The van der Waals surface area contributed by atoms with Crippen LogP contribution in [0.2, 0.25) is 0 Å². The van der Waals surface area contributed by atoms with Gasteiger partial charge in [0.2, 0.25) is 0 Å². The van der Waals surface area contributed by atoms with Crippen molar-refractivity contribution in [2.24, 2.45) is 11.7 Å². The third-order valence-electron chi connectivity index (χ3n) is 3.07. The fourth-order valence-corrected chi connectivity index (χ4v) is 2.22. The number of benzene rings is 1. The molecule has 2 rings (SSSR count). The molecule has 5 heteroatoms. The summed E-state index contributed by atoms with van der Waals surface area (Å²) < 4.78 is 15.0. The van der Waals surface area contributed by atoms with Crippen molar-refractivity contribution in [2.45, 2.75) is 39.3 Å². The smallest absolute Gasteiger partial charge is 0.138 e. The monoisotopic (exact) mass is 276 g/mol. The zero-order valence-electron chi connectivity index (χ0n) is 12.0. The predicted octanol–water partition coefficient (Wildman–Crippen LogP) is 2.19. The lowest BCUT2D eigenvalue weighted by molar-refractivity contribution is 0.457. The second kappa shape index (κ2) is 6.61. The van der Waals surface area contributed by atoms with Crippen LogP contribution in [0, 0.1) is 11.7 Å². The standard InChI is InChI=1S/C15H21FN4/c1-11(2)9-20-15(18-10-19-20)8-14(17)7-12-4-3-5-13(16)6-12/h3-6,10-11,14H,7-9,17H2,1-2H3. The Bertz CT molecular complexity index is 550. The van der Waals surface area contributed by atoms with Crippen molar-refractivity contribution in [2.75, 3.05) is 0 Å². The van der Waals surface area contributed by atoms with Crippen LogP contribution in [0.4, 0.5) is 4.39 Å². The van der Waals surface area contributed by atoms with Gasteiger partial charge in [-0.25, -0.2) is 14.1 Å². The zero-order valence-corrected chi connectivity index (χ0v) is 12.0. The Morgan fingerprint density at radius 3 is 2.80 bits per heavy atom. The molecule has 2 N–H and O–H groups in total. The highest BCUT2D eigenvalue weighted by Gasteiger charge is 2.12. The molecule has 1 atom stereocenters. The van der Waals surface area contributed by atoms with Gasteiger partial charge in [-0.05, 0) is 30.0 Å². The van der Waals surface area contributed by atoms with Gasteiger partial charge >= 0.3 is 0 Å². The highest BCUT2D eigenvalue weighted by Crippen LogP contribution is 2.09. The lowest BCUT2D eigenvalue weighted by Crippen LogP contribution is -2.27. The summed E-state index contributed by atoms with van der Waals surface area (Å²) in [5.41, 5.74) is 7.05. The lowest BCUT2D eigenvalue weighted by Gasteiger charge is -2.13. The molecule has 0 aliphatic carbocycles. The fraction of sp³-hybridized carbons (Fsp3) is 0.467. The largest absolute Gasteiger partial charge is 0.327 e. The first-order chi connectivity index (χ1) is 9.54. The molecule has 1 heterocycles. The van der Waals surface area contributed by atoms with E-state index in [2.05, 4.69) is 23.9 Å². The van der Waals surface area contributed by atoms with Crippen molar-refractivity contribution in [3.05, 3.63) is 47.8 Å². The number of nitrogens with two attached hydrogens (primary N) is 1. The van der Waals surface area contributed by atoms with E-state index >= 15 is 0 Å². The van der Waals surface area contributed by atoms with Gasteiger partial charge in [0.05, 0.1) is 0 Å². The van der Waals surface area contributed by atoms with Gasteiger partial charge in [-0.15, -0.1) is 0 Å². The molecule has 2 aromatic rings. The van der Waals surface area contributed by atoms with Crippen molar-refractivity contribution in [1.82, 2.24) is 14.8 Å². The number of hydrogen-bond donors (Lipinski definition) is 1. The maximum absolute atomic E-state index is 13.1. The predicted molar refractivity (Wildman–Crippen MR) is 76.6 cm³/mol. The Morgan fingerprint density at radius 1 is 1.30 bits per heavy atom. The quantitative estimate of drug-likeness (QED) is 0.880. The maximum atomic E-state index is 13.1. The minimum atomic E-state index is -0.224. The molecule has 1 aromatic carbocycles. The normalized spacial score (nSPS) is 12.8. The summed E-state index contributed by atoms with van der Waals surface area (Å²) in [6.07, 6.45) is 2.84. The lowest BCUT2D eigenvalue weighted by atomic mass is 10.0. The SMILES string of the molecule is CC(C)Cn1ncnc1CC(N)Cc1cccc(F)c1. The number of halogens is 1. The minimum absolute atomic E-state index is 0.0908. The molecule has 0 fully saturated rings. The Morgan fingerprint density at radius 2 is 2.10 bits per heavy atom. The molecule has 0 amide bonds. The van der Waals surface area contributed by atoms with E-state index in [0.717, 1.165) is 17.9 Å². The van der Waals surface area contributed by atoms with Crippen LogP contribution in [-0.4, -0.2) is 20.8 Å². The van der Waals surface area contributed by atoms with Crippen molar-refractivity contribution in [1.29, 1.82) is 0 Å². The summed E-state index contributed by atoms with van der Waals surface area (Å²) in [4.78, 5) is 4.27. The molecular weight excluding hydrogens is 255 g/mol. The molecule has 0 radical (unpaired) electrons. The Balaban J connectivity index is 1.98. The van der Waals surface area contributed by atoms with E-state index in [1.807, 2.05) is 10.7 Å². The van der Waals surface area contributed by atoms with E-state index in [-0.39, 0.29) is 11.9 Å². The van der Waals surface area contributed by atoms with Crippen LogP contribution in [0.3, 0.4) is 0 Å². The first-order valence-electron chi connectivity index (χ1n) is 6.91. The van der Waals surface area contributed by atoms with Crippen LogP contribution in [0.5, 0.6) is 0 Å². The van der Waals surface area contributed by atoms with Gasteiger partial charge in [0, 0.05) is 19.0 Å². The molecule has 1 aromatic heterocycles. The molecule has 0 bridgehead atoms. The van der Waals surface area contributed by atoms with Crippen molar-refractivity contribution >= 4 is 0 Å². The minimum Gasteiger partial charge on any atom is -0.327 e. The summed E-state index contributed by atoms with van der Waals surface area (Å²) in [6.45, 7) is 5.11. The second-order valence-electron chi connectivity index (χ2n) is 5.55. The Hall–Kier alpha value is -1.75. The molecule has 1 unspecified atom stereocenters. The van der Waals surface area contributed by atoms with Gasteiger partial charge < -0.3 is 5.73 Å². The Kier molecular flexibility index (Phi) is 4.84. The van der Waals surface area contributed by atoms with Crippen LogP contribution < -0.4 is 5.73 Å². The summed E-state index contributed by atoms with van der Waals surface area (Å²) in [6, 6.07) is 6.47.